The van der Waals surface area contributed by atoms with Gasteiger partial charge in [-0.1, -0.05) is 0 Å². The van der Waals surface area contributed by atoms with E-state index in [1.54, 1.807) is 0 Å². The normalized spacial score (nSPS) is 21.9. The van der Waals surface area contributed by atoms with Crippen LogP contribution in [0.1, 0.15) is 26.7 Å². The van der Waals surface area contributed by atoms with Crippen LogP contribution < -0.4 is 0 Å². The minimum Gasteiger partial charge on any atom is -0.460 e. The van der Waals surface area contributed by atoms with E-state index in [9.17, 15) is 4.79 Å². The van der Waals surface area contributed by atoms with Crippen molar-refractivity contribution in [3.8, 4) is 0 Å². The van der Waals surface area contributed by atoms with Gasteiger partial charge in [-0.05, 0) is 20.3 Å². The SMILES string of the molecule is CC(C)(O)O.O=C1CCC(CO)O1. The van der Waals surface area contributed by atoms with Crippen LogP contribution >= 0.6 is 0 Å². The lowest BCUT2D eigenvalue weighted by Crippen LogP contribution is -2.15. The Morgan fingerprint density at radius 2 is 2.00 bits per heavy atom. The quantitative estimate of drug-likeness (QED) is 0.381. The first-order valence-corrected chi connectivity index (χ1v) is 4.08. The molecule has 0 aliphatic carbocycles. The summed E-state index contributed by atoms with van der Waals surface area (Å²) in [6, 6.07) is 0. The Morgan fingerprint density at radius 3 is 2.15 bits per heavy atom. The number of carbonyl (C=O) groups is 1. The maximum Gasteiger partial charge on any atom is 0.306 e. The summed E-state index contributed by atoms with van der Waals surface area (Å²) in [5, 5.41) is 24.6. The fourth-order valence-corrected chi connectivity index (χ4v) is 0.711. The molecular formula is C8H16O5. The Morgan fingerprint density at radius 1 is 1.54 bits per heavy atom. The number of carbonyl (C=O) groups excluding carboxylic acids is 1. The maximum atomic E-state index is 10.3. The van der Waals surface area contributed by atoms with Crippen molar-refractivity contribution in [2.75, 3.05) is 6.61 Å². The highest BCUT2D eigenvalue weighted by atomic mass is 16.6. The maximum absolute atomic E-state index is 10.3. The van der Waals surface area contributed by atoms with Gasteiger partial charge in [0.2, 0.25) is 0 Å². The highest BCUT2D eigenvalue weighted by molar-refractivity contribution is 5.71. The summed E-state index contributed by atoms with van der Waals surface area (Å²) in [5.74, 6) is -1.69. The van der Waals surface area contributed by atoms with Crippen molar-refractivity contribution in [3.05, 3.63) is 0 Å². The molecule has 1 aliphatic rings. The lowest BCUT2D eigenvalue weighted by atomic mass is 10.2. The standard InChI is InChI=1S/C5H8O3.C3H8O2/c6-3-4-1-2-5(7)8-4;1-3(2,4)5/h4,6H,1-3H2;4-5H,1-2H3. The van der Waals surface area contributed by atoms with E-state index in [4.69, 9.17) is 15.3 Å². The van der Waals surface area contributed by atoms with E-state index in [1.165, 1.54) is 13.8 Å². The van der Waals surface area contributed by atoms with Gasteiger partial charge in [0.1, 0.15) is 6.10 Å². The second-order valence-electron chi connectivity index (χ2n) is 3.33. The average molecular weight is 192 g/mol. The van der Waals surface area contributed by atoms with Crippen molar-refractivity contribution in [1.82, 2.24) is 0 Å². The minimum absolute atomic E-state index is 0.0360. The molecule has 0 radical (unpaired) electrons. The van der Waals surface area contributed by atoms with Gasteiger partial charge in [-0.15, -0.1) is 0 Å². The van der Waals surface area contributed by atoms with Crippen LogP contribution in [-0.4, -0.2) is 39.8 Å². The molecule has 0 aromatic rings. The minimum atomic E-state index is -1.50. The van der Waals surface area contributed by atoms with E-state index in [-0.39, 0.29) is 18.7 Å². The first-order valence-electron chi connectivity index (χ1n) is 4.08. The lowest BCUT2D eigenvalue weighted by molar-refractivity contribution is -0.142. The molecule has 1 atom stereocenters. The molecule has 1 unspecified atom stereocenters. The number of esters is 1. The third-order valence-corrected chi connectivity index (χ3v) is 1.17. The van der Waals surface area contributed by atoms with Crippen LogP contribution in [0.25, 0.3) is 0 Å². The molecule has 0 bridgehead atoms. The smallest absolute Gasteiger partial charge is 0.306 e. The van der Waals surface area contributed by atoms with Gasteiger partial charge in [-0.3, -0.25) is 4.79 Å². The van der Waals surface area contributed by atoms with Crippen LogP contribution in [0.15, 0.2) is 0 Å². The van der Waals surface area contributed by atoms with Gasteiger partial charge >= 0.3 is 5.97 Å². The highest BCUT2D eigenvalue weighted by Gasteiger charge is 2.21. The molecule has 0 spiro atoms. The molecule has 0 amide bonds. The van der Waals surface area contributed by atoms with Crippen LogP contribution in [0.2, 0.25) is 0 Å². The first kappa shape index (κ1) is 12.3. The van der Waals surface area contributed by atoms with Crippen molar-refractivity contribution < 1.29 is 24.9 Å². The van der Waals surface area contributed by atoms with Crippen molar-refractivity contribution in [3.63, 3.8) is 0 Å². The van der Waals surface area contributed by atoms with Gasteiger partial charge in [-0.25, -0.2) is 0 Å². The number of ether oxygens (including phenoxy) is 1. The molecule has 1 fully saturated rings. The Labute approximate surface area is 77.0 Å². The van der Waals surface area contributed by atoms with E-state index in [0.717, 1.165) is 0 Å². The summed E-state index contributed by atoms with van der Waals surface area (Å²) < 4.78 is 4.62. The molecule has 5 heteroatoms. The number of aliphatic hydroxyl groups is 3. The molecule has 5 nitrogen and oxygen atoms in total. The molecule has 1 rings (SSSR count). The van der Waals surface area contributed by atoms with Gasteiger partial charge in [0.05, 0.1) is 6.61 Å². The summed E-state index contributed by atoms with van der Waals surface area (Å²) in [4.78, 5) is 10.3. The first-order chi connectivity index (χ1) is 5.83. The third-order valence-electron chi connectivity index (χ3n) is 1.17. The predicted molar refractivity (Wildman–Crippen MR) is 44.7 cm³/mol. The summed E-state index contributed by atoms with van der Waals surface area (Å²) in [6.45, 7) is 2.56. The summed E-state index contributed by atoms with van der Waals surface area (Å²) in [7, 11) is 0. The monoisotopic (exact) mass is 192 g/mol. The fourth-order valence-electron chi connectivity index (χ4n) is 0.711. The molecule has 13 heavy (non-hydrogen) atoms. The largest absolute Gasteiger partial charge is 0.460 e. The molecule has 3 N–H and O–H groups in total. The summed E-state index contributed by atoms with van der Waals surface area (Å²) >= 11 is 0. The van der Waals surface area contributed by atoms with Gasteiger partial charge < -0.3 is 20.1 Å². The Balaban J connectivity index is 0.000000252. The van der Waals surface area contributed by atoms with Crippen molar-refractivity contribution in [2.24, 2.45) is 0 Å². The van der Waals surface area contributed by atoms with Crippen LogP contribution in [0.4, 0.5) is 0 Å². The fraction of sp³-hybridized carbons (Fsp3) is 0.875. The lowest BCUT2D eigenvalue weighted by Gasteiger charge is -2.03. The highest BCUT2D eigenvalue weighted by Crippen LogP contribution is 2.11. The second-order valence-corrected chi connectivity index (χ2v) is 3.33. The van der Waals surface area contributed by atoms with Crippen LogP contribution in [0, 0.1) is 0 Å². The van der Waals surface area contributed by atoms with E-state index < -0.39 is 5.79 Å². The Kier molecular flexibility index (Phi) is 4.90. The average Bonchev–Trinajstić information content (AvgIpc) is 2.31. The van der Waals surface area contributed by atoms with E-state index >= 15 is 0 Å². The van der Waals surface area contributed by atoms with Gasteiger partial charge in [0, 0.05) is 6.42 Å². The number of cyclic esters (lactones) is 1. The number of aliphatic hydroxyl groups excluding tert-OH is 1. The number of hydrogen-bond acceptors (Lipinski definition) is 5. The van der Waals surface area contributed by atoms with Gasteiger partial charge in [0.15, 0.2) is 5.79 Å². The van der Waals surface area contributed by atoms with E-state index in [0.29, 0.717) is 12.8 Å². The molecule has 1 saturated heterocycles. The van der Waals surface area contributed by atoms with E-state index in [1.807, 2.05) is 0 Å². The molecule has 1 aliphatic heterocycles. The molecule has 0 aromatic heterocycles. The van der Waals surface area contributed by atoms with Crippen LogP contribution in [0.3, 0.4) is 0 Å². The van der Waals surface area contributed by atoms with Gasteiger partial charge in [-0.2, -0.15) is 0 Å². The van der Waals surface area contributed by atoms with E-state index in [2.05, 4.69) is 4.74 Å². The molecule has 1 heterocycles. The third kappa shape index (κ3) is 9.26. The molecular weight excluding hydrogens is 176 g/mol. The van der Waals surface area contributed by atoms with Crippen LogP contribution in [-0.2, 0) is 9.53 Å². The molecule has 78 valence electrons. The second kappa shape index (κ2) is 5.16. The topological polar surface area (TPSA) is 87.0 Å². The zero-order valence-electron chi connectivity index (χ0n) is 7.86. The van der Waals surface area contributed by atoms with Gasteiger partial charge in [0.25, 0.3) is 0 Å². The zero-order valence-corrected chi connectivity index (χ0v) is 7.86. The van der Waals surface area contributed by atoms with Crippen molar-refractivity contribution in [2.45, 2.75) is 38.6 Å². The zero-order chi connectivity index (χ0) is 10.5. The molecule has 0 saturated carbocycles. The van der Waals surface area contributed by atoms with Crippen LogP contribution in [0.5, 0.6) is 0 Å². The Bertz CT molecular complexity index is 154. The van der Waals surface area contributed by atoms with Crippen molar-refractivity contribution >= 4 is 5.97 Å². The van der Waals surface area contributed by atoms with Crippen molar-refractivity contribution in [1.29, 1.82) is 0 Å². The summed E-state index contributed by atoms with van der Waals surface area (Å²) in [6.07, 6.45) is 0.920. The Hall–Kier alpha value is -0.650. The number of hydrogen-bond donors (Lipinski definition) is 3. The summed E-state index contributed by atoms with van der Waals surface area (Å²) in [5.41, 5.74) is 0. The molecule has 0 aromatic carbocycles. The number of rotatable bonds is 1. The predicted octanol–water partition coefficient (Wildman–Crippen LogP) is -0.609.